The lowest BCUT2D eigenvalue weighted by molar-refractivity contribution is 0.881. The number of nitrogens with two attached hydrogens (primary N) is 1. The molecule has 0 bridgehead atoms. The van der Waals surface area contributed by atoms with Crippen LogP contribution in [0.3, 0.4) is 0 Å². The molecule has 0 aliphatic rings. The zero-order valence-corrected chi connectivity index (χ0v) is 11.2. The highest BCUT2D eigenvalue weighted by molar-refractivity contribution is 9.10. The minimum Gasteiger partial charge on any atom is -0.389 e. The Balaban J connectivity index is 2.11. The van der Waals surface area contributed by atoms with E-state index >= 15 is 0 Å². The quantitative estimate of drug-likeness (QED) is 0.909. The SMILES string of the molecule is CC(Nc1ncc(N)s1)c1cccc(Br)c1. The summed E-state index contributed by atoms with van der Waals surface area (Å²) in [6.45, 7) is 2.10. The highest BCUT2D eigenvalue weighted by Crippen LogP contribution is 2.25. The average molecular weight is 298 g/mol. The first kappa shape index (κ1) is 11.4. The molecule has 0 aliphatic heterocycles. The lowest BCUT2D eigenvalue weighted by atomic mass is 10.1. The molecule has 2 aromatic rings. The van der Waals surface area contributed by atoms with Crippen LogP contribution in [0.5, 0.6) is 0 Å². The molecule has 0 amide bonds. The highest BCUT2D eigenvalue weighted by atomic mass is 79.9. The van der Waals surface area contributed by atoms with Gasteiger partial charge in [-0.1, -0.05) is 39.4 Å². The molecule has 16 heavy (non-hydrogen) atoms. The van der Waals surface area contributed by atoms with Crippen molar-refractivity contribution in [2.45, 2.75) is 13.0 Å². The van der Waals surface area contributed by atoms with Crippen molar-refractivity contribution in [2.24, 2.45) is 0 Å². The Labute approximate surface area is 107 Å². The van der Waals surface area contributed by atoms with Gasteiger partial charge in [-0.05, 0) is 24.6 Å². The molecule has 84 valence electrons. The van der Waals surface area contributed by atoms with E-state index in [9.17, 15) is 0 Å². The summed E-state index contributed by atoms with van der Waals surface area (Å²) in [5, 5.41) is 4.89. The van der Waals surface area contributed by atoms with Gasteiger partial charge in [0.15, 0.2) is 5.13 Å². The first-order valence-corrected chi connectivity index (χ1v) is 6.49. The van der Waals surface area contributed by atoms with Crippen molar-refractivity contribution in [1.82, 2.24) is 4.98 Å². The number of thiazole rings is 1. The number of nitrogens with zero attached hydrogens (tertiary/aromatic N) is 1. The topological polar surface area (TPSA) is 50.9 Å². The molecule has 1 aromatic carbocycles. The standard InChI is InChI=1S/C11H12BrN3S/c1-7(8-3-2-4-9(12)5-8)15-11-14-6-10(13)16-11/h2-7H,13H2,1H3,(H,14,15). The van der Waals surface area contributed by atoms with Crippen LogP contribution in [0.25, 0.3) is 0 Å². The summed E-state index contributed by atoms with van der Waals surface area (Å²) in [4.78, 5) is 4.17. The van der Waals surface area contributed by atoms with Crippen LogP contribution in [-0.2, 0) is 0 Å². The summed E-state index contributed by atoms with van der Waals surface area (Å²) in [5.41, 5.74) is 6.84. The third-order valence-corrected chi connectivity index (χ3v) is 3.46. The Hall–Kier alpha value is -1.07. The number of nitrogen functional groups attached to an aromatic ring is 1. The Morgan fingerprint density at radius 3 is 2.94 bits per heavy atom. The Morgan fingerprint density at radius 1 is 1.50 bits per heavy atom. The number of hydrogen-bond donors (Lipinski definition) is 2. The van der Waals surface area contributed by atoms with Crippen LogP contribution >= 0.6 is 27.3 Å². The van der Waals surface area contributed by atoms with Gasteiger partial charge in [-0.15, -0.1) is 0 Å². The second-order valence-corrected chi connectivity index (χ2v) is 5.47. The Kier molecular flexibility index (Phi) is 3.46. The molecular formula is C11H12BrN3S. The van der Waals surface area contributed by atoms with Gasteiger partial charge >= 0.3 is 0 Å². The van der Waals surface area contributed by atoms with Crippen molar-refractivity contribution in [3.63, 3.8) is 0 Å². The maximum absolute atomic E-state index is 5.63. The first-order chi connectivity index (χ1) is 7.65. The molecule has 0 saturated heterocycles. The fourth-order valence-electron chi connectivity index (χ4n) is 1.40. The van der Waals surface area contributed by atoms with E-state index in [4.69, 9.17) is 5.73 Å². The van der Waals surface area contributed by atoms with E-state index in [2.05, 4.69) is 45.3 Å². The summed E-state index contributed by atoms with van der Waals surface area (Å²) in [7, 11) is 0. The van der Waals surface area contributed by atoms with E-state index in [0.717, 1.165) is 14.6 Å². The largest absolute Gasteiger partial charge is 0.389 e. The molecule has 0 aliphatic carbocycles. The molecule has 3 nitrogen and oxygen atoms in total. The van der Waals surface area contributed by atoms with Crippen LogP contribution in [-0.4, -0.2) is 4.98 Å². The van der Waals surface area contributed by atoms with E-state index in [-0.39, 0.29) is 6.04 Å². The zero-order valence-electron chi connectivity index (χ0n) is 8.77. The third-order valence-electron chi connectivity index (χ3n) is 2.21. The van der Waals surface area contributed by atoms with Crippen molar-refractivity contribution in [3.05, 3.63) is 40.5 Å². The van der Waals surface area contributed by atoms with Crippen LogP contribution in [0.2, 0.25) is 0 Å². The Bertz CT molecular complexity index is 484. The molecule has 0 saturated carbocycles. The fraction of sp³-hybridized carbons (Fsp3) is 0.182. The normalized spacial score (nSPS) is 12.4. The molecule has 0 fully saturated rings. The van der Waals surface area contributed by atoms with Gasteiger partial charge in [0.1, 0.15) is 5.00 Å². The van der Waals surface area contributed by atoms with Gasteiger partial charge in [-0.25, -0.2) is 4.98 Å². The number of benzene rings is 1. The van der Waals surface area contributed by atoms with Crippen molar-refractivity contribution < 1.29 is 0 Å². The minimum absolute atomic E-state index is 0.211. The maximum atomic E-state index is 5.63. The first-order valence-electron chi connectivity index (χ1n) is 4.88. The fourth-order valence-corrected chi connectivity index (χ4v) is 2.48. The van der Waals surface area contributed by atoms with Crippen molar-refractivity contribution in [1.29, 1.82) is 0 Å². The summed E-state index contributed by atoms with van der Waals surface area (Å²) in [6.07, 6.45) is 1.67. The summed E-state index contributed by atoms with van der Waals surface area (Å²) in [6, 6.07) is 8.42. The van der Waals surface area contributed by atoms with Crippen molar-refractivity contribution in [3.8, 4) is 0 Å². The van der Waals surface area contributed by atoms with Crippen LogP contribution in [0.4, 0.5) is 10.1 Å². The number of rotatable bonds is 3. The number of hydrogen-bond acceptors (Lipinski definition) is 4. The van der Waals surface area contributed by atoms with Gasteiger partial charge in [0, 0.05) is 4.47 Å². The molecule has 3 N–H and O–H groups in total. The van der Waals surface area contributed by atoms with Crippen LogP contribution in [0.1, 0.15) is 18.5 Å². The van der Waals surface area contributed by atoms with Gasteiger partial charge in [0.2, 0.25) is 0 Å². The van der Waals surface area contributed by atoms with Crippen molar-refractivity contribution >= 4 is 37.4 Å². The number of halogens is 1. The van der Waals surface area contributed by atoms with E-state index < -0.39 is 0 Å². The third kappa shape index (κ3) is 2.74. The van der Waals surface area contributed by atoms with Gasteiger partial charge in [-0.3, -0.25) is 0 Å². The number of aromatic nitrogens is 1. The number of anilines is 2. The monoisotopic (exact) mass is 297 g/mol. The Morgan fingerprint density at radius 2 is 2.31 bits per heavy atom. The van der Waals surface area contributed by atoms with Gasteiger partial charge in [-0.2, -0.15) is 0 Å². The molecule has 1 heterocycles. The molecule has 0 spiro atoms. The smallest absolute Gasteiger partial charge is 0.185 e. The van der Waals surface area contributed by atoms with Crippen molar-refractivity contribution in [2.75, 3.05) is 11.1 Å². The highest BCUT2D eigenvalue weighted by Gasteiger charge is 2.07. The molecule has 2 rings (SSSR count). The van der Waals surface area contributed by atoms with Gasteiger partial charge in [0.25, 0.3) is 0 Å². The second-order valence-electron chi connectivity index (χ2n) is 3.49. The van der Waals surface area contributed by atoms with E-state index in [1.165, 1.54) is 16.9 Å². The van der Waals surface area contributed by atoms with E-state index in [1.54, 1.807) is 6.20 Å². The lowest BCUT2D eigenvalue weighted by Gasteiger charge is -2.13. The van der Waals surface area contributed by atoms with E-state index in [0.29, 0.717) is 0 Å². The summed E-state index contributed by atoms with van der Waals surface area (Å²) >= 11 is 4.92. The predicted octanol–water partition coefficient (Wildman–Crippen LogP) is 3.66. The molecule has 1 unspecified atom stereocenters. The van der Waals surface area contributed by atoms with Crippen LogP contribution < -0.4 is 11.1 Å². The van der Waals surface area contributed by atoms with Gasteiger partial charge < -0.3 is 11.1 Å². The molecule has 1 aromatic heterocycles. The zero-order chi connectivity index (χ0) is 11.5. The molecular weight excluding hydrogens is 286 g/mol. The second kappa shape index (κ2) is 4.84. The van der Waals surface area contributed by atoms with Gasteiger partial charge in [0.05, 0.1) is 12.2 Å². The van der Waals surface area contributed by atoms with E-state index in [1.807, 2.05) is 12.1 Å². The van der Waals surface area contributed by atoms with Crippen LogP contribution in [0, 0.1) is 0 Å². The van der Waals surface area contributed by atoms with Crippen LogP contribution in [0.15, 0.2) is 34.9 Å². The average Bonchev–Trinajstić information content (AvgIpc) is 2.64. The summed E-state index contributed by atoms with van der Waals surface area (Å²) < 4.78 is 1.08. The molecule has 5 heteroatoms. The summed E-state index contributed by atoms with van der Waals surface area (Å²) in [5.74, 6) is 0. The lowest BCUT2D eigenvalue weighted by Crippen LogP contribution is -2.05. The molecule has 1 atom stereocenters. The predicted molar refractivity (Wildman–Crippen MR) is 72.7 cm³/mol. The minimum atomic E-state index is 0.211. The number of nitrogens with one attached hydrogen (secondary N) is 1. The molecule has 0 radical (unpaired) electrons. The maximum Gasteiger partial charge on any atom is 0.185 e.